The zero-order valence-electron chi connectivity index (χ0n) is 12.4. The van der Waals surface area contributed by atoms with Crippen molar-refractivity contribution in [1.82, 2.24) is 5.32 Å². The molecule has 0 aromatic heterocycles. The van der Waals surface area contributed by atoms with E-state index in [1.807, 2.05) is 0 Å². The standard InChI is InChI=1S/C16H27NO2/c1-4-17-11-15-5-7-16(8-6-15)13-19-10-9-18-12-14(2)3/h5-8,14,17H,4,9-13H2,1-3H3. The molecule has 1 aromatic carbocycles. The first kappa shape index (κ1) is 16.2. The van der Waals surface area contributed by atoms with Crippen molar-refractivity contribution in [3.05, 3.63) is 35.4 Å². The molecule has 1 rings (SSSR count). The Morgan fingerprint density at radius 3 is 2.26 bits per heavy atom. The van der Waals surface area contributed by atoms with Crippen LogP contribution >= 0.6 is 0 Å². The highest BCUT2D eigenvalue weighted by Crippen LogP contribution is 2.05. The molecule has 1 aromatic rings. The lowest BCUT2D eigenvalue weighted by Gasteiger charge is -2.08. The Hall–Kier alpha value is -0.900. The smallest absolute Gasteiger partial charge is 0.0718 e. The zero-order valence-corrected chi connectivity index (χ0v) is 12.4. The molecule has 0 saturated heterocycles. The Morgan fingerprint density at radius 1 is 1.00 bits per heavy atom. The predicted octanol–water partition coefficient (Wildman–Crippen LogP) is 2.99. The molecule has 0 aliphatic carbocycles. The third kappa shape index (κ3) is 7.98. The summed E-state index contributed by atoms with van der Waals surface area (Å²) in [6, 6.07) is 8.55. The lowest BCUT2D eigenvalue weighted by molar-refractivity contribution is 0.0314. The maximum absolute atomic E-state index is 5.58. The molecule has 0 aliphatic heterocycles. The first-order valence-corrected chi connectivity index (χ1v) is 7.16. The number of hydrogen-bond donors (Lipinski definition) is 1. The molecule has 108 valence electrons. The van der Waals surface area contributed by atoms with Crippen molar-refractivity contribution >= 4 is 0 Å². The molecule has 0 atom stereocenters. The molecule has 1 N–H and O–H groups in total. The molecule has 0 heterocycles. The van der Waals surface area contributed by atoms with Gasteiger partial charge < -0.3 is 14.8 Å². The molecule has 0 unspecified atom stereocenters. The third-order valence-electron chi connectivity index (χ3n) is 2.69. The van der Waals surface area contributed by atoms with Crippen molar-refractivity contribution in [1.29, 1.82) is 0 Å². The van der Waals surface area contributed by atoms with Crippen LogP contribution in [-0.4, -0.2) is 26.4 Å². The summed E-state index contributed by atoms with van der Waals surface area (Å²) in [6.45, 7) is 11.1. The Kier molecular flexibility index (Phi) is 8.47. The van der Waals surface area contributed by atoms with Gasteiger partial charge in [-0.2, -0.15) is 0 Å². The monoisotopic (exact) mass is 265 g/mol. The van der Waals surface area contributed by atoms with E-state index in [1.165, 1.54) is 11.1 Å². The maximum atomic E-state index is 5.58. The van der Waals surface area contributed by atoms with E-state index in [1.54, 1.807) is 0 Å². The van der Waals surface area contributed by atoms with Crippen LogP contribution in [0.25, 0.3) is 0 Å². The van der Waals surface area contributed by atoms with Crippen LogP contribution in [0.2, 0.25) is 0 Å². The minimum absolute atomic E-state index is 0.587. The van der Waals surface area contributed by atoms with E-state index in [9.17, 15) is 0 Å². The molecule has 3 nitrogen and oxygen atoms in total. The zero-order chi connectivity index (χ0) is 13.9. The predicted molar refractivity (Wildman–Crippen MR) is 79.1 cm³/mol. The highest BCUT2D eigenvalue weighted by Gasteiger charge is 1.97. The van der Waals surface area contributed by atoms with Gasteiger partial charge in [0, 0.05) is 13.2 Å². The second-order valence-corrected chi connectivity index (χ2v) is 5.12. The average Bonchev–Trinajstić information content (AvgIpc) is 2.41. The molecule has 3 heteroatoms. The molecule has 0 fully saturated rings. The first-order valence-electron chi connectivity index (χ1n) is 7.16. The highest BCUT2D eigenvalue weighted by atomic mass is 16.5. The molecule has 0 amide bonds. The van der Waals surface area contributed by atoms with E-state index in [2.05, 4.69) is 50.4 Å². The van der Waals surface area contributed by atoms with Crippen LogP contribution in [0.5, 0.6) is 0 Å². The van der Waals surface area contributed by atoms with Crippen molar-refractivity contribution in [3.63, 3.8) is 0 Å². The topological polar surface area (TPSA) is 30.5 Å². The van der Waals surface area contributed by atoms with Crippen molar-refractivity contribution in [2.75, 3.05) is 26.4 Å². The van der Waals surface area contributed by atoms with Crippen molar-refractivity contribution in [2.45, 2.75) is 33.9 Å². The van der Waals surface area contributed by atoms with Crippen LogP contribution < -0.4 is 5.32 Å². The van der Waals surface area contributed by atoms with Crippen LogP contribution in [-0.2, 0) is 22.6 Å². The molecular weight excluding hydrogens is 238 g/mol. The fraction of sp³-hybridized carbons (Fsp3) is 0.625. The van der Waals surface area contributed by atoms with Gasteiger partial charge in [-0.05, 0) is 23.6 Å². The van der Waals surface area contributed by atoms with Gasteiger partial charge in [-0.15, -0.1) is 0 Å². The van der Waals surface area contributed by atoms with Gasteiger partial charge in [0.15, 0.2) is 0 Å². The minimum Gasteiger partial charge on any atom is -0.379 e. The molecular formula is C16H27NO2. The largest absolute Gasteiger partial charge is 0.379 e. The molecule has 0 radical (unpaired) electrons. The van der Waals surface area contributed by atoms with Gasteiger partial charge in [0.1, 0.15) is 0 Å². The highest BCUT2D eigenvalue weighted by molar-refractivity contribution is 5.21. The Bertz CT molecular complexity index is 322. The number of ether oxygens (including phenoxy) is 2. The Balaban J connectivity index is 2.12. The summed E-state index contributed by atoms with van der Waals surface area (Å²) in [4.78, 5) is 0. The van der Waals surface area contributed by atoms with E-state index in [4.69, 9.17) is 9.47 Å². The Labute approximate surface area is 117 Å². The summed E-state index contributed by atoms with van der Waals surface area (Å²) in [6.07, 6.45) is 0. The van der Waals surface area contributed by atoms with E-state index < -0.39 is 0 Å². The summed E-state index contributed by atoms with van der Waals surface area (Å²) in [5, 5.41) is 3.31. The third-order valence-corrected chi connectivity index (χ3v) is 2.69. The molecule has 19 heavy (non-hydrogen) atoms. The van der Waals surface area contributed by atoms with Gasteiger partial charge in [-0.25, -0.2) is 0 Å². The number of hydrogen-bond acceptors (Lipinski definition) is 3. The average molecular weight is 265 g/mol. The fourth-order valence-corrected chi connectivity index (χ4v) is 1.65. The van der Waals surface area contributed by atoms with E-state index in [0.29, 0.717) is 25.7 Å². The van der Waals surface area contributed by atoms with Crippen LogP contribution in [0.1, 0.15) is 31.9 Å². The van der Waals surface area contributed by atoms with Crippen molar-refractivity contribution < 1.29 is 9.47 Å². The minimum atomic E-state index is 0.587. The summed E-state index contributed by atoms with van der Waals surface area (Å²) < 4.78 is 11.0. The first-order chi connectivity index (χ1) is 9.22. The summed E-state index contributed by atoms with van der Waals surface area (Å²) in [5.41, 5.74) is 2.52. The molecule has 0 saturated carbocycles. The van der Waals surface area contributed by atoms with Gasteiger partial charge in [-0.1, -0.05) is 45.0 Å². The number of benzene rings is 1. The van der Waals surface area contributed by atoms with Crippen molar-refractivity contribution in [2.24, 2.45) is 5.92 Å². The van der Waals surface area contributed by atoms with Crippen LogP contribution in [0, 0.1) is 5.92 Å². The lowest BCUT2D eigenvalue weighted by Crippen LogP contribution is -2.11. The number of nitrogens with one attached hydrogen (secondary N) is 1. The van der Waals surface area contributed by atoms with E-state index >= 15 is 0 Å². The van der Waals surface area contributed by atoms with Crippen molar-refractivity contribution in [3.8, 4) is 0 Å². The summed E-state index contributed by atoms with van der Waals surface area (Å²) >= 11 is 0. The summed E-state index contributed by atoms with van der Waals surface area (Å²) in [5.74, 6) is 0.587. The van der Waals surface area contributed by atoms with Crippen LogP contribution in [0.4, 0.5) is 0 Å². The Morgan fingerprint density at radius 2 is 1.63 bits per heavy atom. The van der Waals surface area contributed by atoms with E-state index in [-0.39, 0.29) is 0 Å². The quantitative estimate of drug-likeness (QED) is 0.660. The lowest BCUT2D eigenvalue weighted by atomic mass is 10.1. The summed E-state index contributed by atoms with van der Waals surface area (Å²) in [7, 11) is 0. The van der Waals surface area contributed by atoms with Gasteiger partial charge in [0.2, 0.25) is 0 Å². The number of rotatable bonds is 10. The van der Waals surface area contributed by atoms with Gasteiger partial charge in [-0.3, -0.25) is 0 Å². The van der Waals surface area contributed by atoms with Gasteiger partial charge in [0.25, 0.3) is 0 Å². The van der Waals surface area contributed by atoms with Gasteiger partial charge in [0.05, 0.1) is 19.8 Å². The van der Waals surface area contributed by atoms with Crippen LogP contribution in [0.15, 0.2) is 24.3 Å². The van der Waals surface area contributed by atoms with Crippen LogP contribution in [0.3, 0.4) is 0 Å². The van der Waals surface area contributed by atoms with Gasteiger partial charge >= 0.3 is 0 Å². The maximum Gasteiger partial charge on any atom is 0.0718 e. The second kappa shape index (κ2) is 9.96. The molecule has 0 aliphatic rings. The molecule has 0 spiro atoms. The van der Waals surface area contributed by atoms with E-state index in [0.717, 1.165) is 19.7 Å². The fourth-order valence-electron chi connectivity index (χ4n) is 1.65. The SMILES string of the molecule is CCNCc1ccc(COCCOCC(C)C)cc1. The normalized spacial score (nSPS) is 11.2. The molecule has 0 bridgehead atoms. The second-order valence-electron chi connectivity index (χ2n) is 5.12.